The highest BCUT2D eigenvalue weighted by molar-refractivity contribution is 6.06. The topological polar surface area (TPSA) is 141 Å². The summed E-state index contributed by atoms with van der Waals surface area (Å²) in [7, 11) is 0. The first kappa shape index (κ1) is 20.0. The molecule has 5 rings (SSSR count). The van der Waals surface area contributed by atoms with Crippen molar-refractivity contribution in [3.8, 4) is 0 Å². The quantitative estimate of drug-likeness (QED) is 0.516. The fourth-order valence-corrected chi connectivity index (χ4v) is 3.97. The monoisotopic (exact) mass is 427 g/mol. The minimum atomic E-state index is -1.75. The Morgan fingerprint density at radius 2 is 1.87 bits per heavy atom. The molecule has 3 aromatic rings. The molecule has 0 aliphatic carbocycles. The number of carbonyl (C=O) groups is 1. The van der Waals surface area contributed by atoms with E-state index in [-0.39, 0.29) is 11.7 Å². The molecule has 0 radical (unpaired) electrons. The van der Waals surface area contributed by atoms with Crippen molar-refractivity contribution in [2.45, 2.75) is 50.5 Å². The number of nitrogens with one attached hydrogen (secondary N) is 1. The zero-order valence-corrected chi connectivity index (χ0v) is 16.7. The van der Waals surface area contributed by atoms with Gasteiger partial charge in [0, 0.05) is 5.56 Å². The van der Waals surface area contributed by atoms with Gasteiger partial charge in [-0.3, -0.25) is 9.36 Å². The van der Waals surface area contributed by atoms with Crippen LogP contribution in [0.4, 0.5) is 5.82 Å². The van der Waals surface area contributed by atoms with Gasteiger partial charge < -0.3 is 29.7 Å². The largest absolute Gasteiger partial charge is 0.366 e. The van der Waals surface area contributed by atoms with Gasteiger partial charge in [0.1, 0.15) is 24.6 Å². The van der Waals surface area contributed by atoms with E-state index in [4.69, 9.17) is 14.2 Å². The van der Waals surface area contributed by atoms with Gasteiger partial charge in [-0.05, 0) is 26.0 Å². The maximum Gasteiger partial charge on any atom is 0.256 e. The third kappa shape index (κ3) is 3.46. The number of aliphatic hydroxyl groups excluding tert-OH is 1. The molecule has 0 spiro atoms. The van der Waals surface area contributed by atoms with Crippen LogP contribution in [0, 0.1) is 0 Å². The number of imidazole rings is 1. The summed E-state index contributed by atoms with van der Waals surface area (Å²) < 4.78 is 19.2. The number of hydrogen-bond donors (Lipinski definition) is 3. The Bertz CT molecular complexity index is 1120. The molecule has 1 amide bonds. The second-order valence-corrected chi connectivity index (χ2v) is 7.84. The number of hydrogen-bond acceptors (Lipinski definition) is 9. The van der Waals surface area contributed by atoms with Crippen LogP contribution in [0.2, 0.25) is 0 Å². The van der Waals surface area contributed by atoms with Crippen molar-refractivity contribution in [2.24, 2.45) is 0 Å². The van der Waals surface area contributed by atoms with Crippen LogP contribution in [0.3, 0.4) is 0 Å². The summed E-state index contributed by atoms with van der Waals surface area (Å²) in [5, 5.41) is 22.2. The Hall–Kier alpha value is -2.96. The molecule has 1 unspecified atom stereocenters. The van der Waals surface area contributed by atoms with E-state index in [9.17, 15) is 15.0 Å². The summed E-state index contributed by atoms with van der Waals surface area (Å²) in [6.45, 7) is 3.49. The fourth-order valence-electron chi connectivity index (χ4n) is 3.97. The van der Waals surface area contributed by atoms with E-state index >= 15 is 0 Å². The minimum absolute atomic E-state index is 0.245. The summed E-state index contributed by atoms with van der Waals surface area (Å²) in [5.74, 6) is -0.995. The first-order valence-corrected chi connectivity index (χ1v) is 9.75. The van der Waals surface area contributed by atoms with Gasteiger partial charge in [-0.1, -0.05) is 18.2 Å². The highest BCUT2D eigenvalue weighted by Gasteiger charge is 2.57. The second-order valence-electron chi connectivity index (χ2n) is 7.84. The van der Waals surface area contributed by atoms with Gasteiger partial charge >= 0.3 is 0 Å². The predicted molar refractivity (Wildman–Crippen MR) is 106 cm³/mol. The SMILES string of the molecule is CC1(C)O[C@@H]2[C@H](O1)C(C(O)O)O[C@H]2n1cnc2c(NC(=O)c3ccccc3)ncnc21. The highest BCUT2D eigenvalue weighted by Crippen LogP contribution is 2.44. The van der Waals surface area contributed by atoms with Crippen molar-refractivity contribution in [1.29, 1.82) is 0 Å². The number of fused-ring (bicyclic) bond motifs is 2. The van der Waals surface area contributed by atoms with Crippen LogP contribution in [-0.4, -0.2) is 66.0 Å². The lowest BCUT2D eigenvalue weighted by Gasteiger charge is -2.25. The average Bonchev–Trinajstić information content (AvgIpc) is 3.39. The van der Waals surface area contributed by atoms with Crippen LogP contribution < -0.4 is 5.32 Å². The molecule has 2 saturated heterocycles. The lowest BCUT2D eigenvalue weighted by atomic mass is 10.1. The molecular formula is C20H21N5O6. The van der Waals surface area contributed by atoms with Crippen molar-refractivity contribution in [3.63, 3.8) is 0 Å². The van der Waals surface area contributed by atoms with Crippen molar-refractivity contribution < 1.29 is 29.2 Å². The maximum absolute atomic E-state index is 12.5. The average molecular weight is 427 g/mol. The number of aromatic nitrogens is 4. The minimum Gasteiger partial charge on any atom is -0.366 e. The number of carbonyl (C=O) groups excluding carboxylic acids is 1. The number of benzene rings is 1. The first-order chi connectivity index (χ1) is 14.8. The van der Waals surface area contributed by atoms with Crippen molar-refractivity contribution >= 4 is 22.9 Å². The summed E-state index contributed by atoms with van der Waals surface area (Å²) in [4.78, 5) is 25.3. The van der Waals surface area contributed by atoms with E-state index in [1.807, 2.05) is 6.07 Å². The molecule has 11 nitrogen and oxygen atoms in total. The number of anilines is 1. The summed E-state index contributed by atoms with van der Waals surface area (Å²) >= 11 is 0. The molecule has 2 fully saturated rings. The Balaban J connectivity index is 1.48. The number of nitrogens with zero attached hydrogens (tertiary/aromatic N) is 4. The molecule has 31 heavy (non-hydrogen) atoms. The number of ether oxygens (including phenoxy) is 3. The third-order valence-electron chi connectivity index (χ3n) is 5.26. The van der Waals surface area contributed by atoms with Gasteiger partial charge in [0.2, 0.25) is 0 Å². The van der Waals surface area contributed by atoms with Crippen molar-refractivity contribution in [3.05, 3.63) is 48.5 Å². The van der Waals surface area contributed by atoms with Crippen LogP contribution in [0.15, 0.2) is 43.0 Å². The van der Waals surface area contributed by atoms with E-state index in [0.29, 0.717) is 16.7 Å². The van der Waals surface area contributed by atoms with Gasteiger partial charge in [0.15, 0.2) is 35.3 Å². The third-order valence-corrected chi connectivity index (χ3v) is 5.26. The molecule has 2 aromatic heterocycles. The number of amides is 1. The lowest BCUT2D eigenvalue weighted by molar-refractivity contribution is -0.229. The van der Waals surface area contributed by atoms with E-state index in [1.54, 1.807) is 42.7 Å². The summed E-state index contributed by atoms with van der Waals surface area (Å²) in [6.07, 6.45) is -2.03. The van der Waals surface area contributed by atoms with Gasteiger partial charge in [-0.2, -0.15) is 0 Å². The highest BCUT2D eigenvalue weighted by atomic mass is 16.8. The van der Waals surface area contributed by atoms with E-state index in [1.165, 1.54) is 12.7 Å². The molecule has 3 N–H and O–H groups in total. The van der Waals surface area contributed by atoms with Crippen molar-refractivity contribution in [2.75, 3.05) is 5.32 Å². The first-order valence-electron chi connectivity index (χ1n) is 9.75. The molecule has 11 heteroatoms. The van der Waals surface area contributed by atoms with E-state index < -0.39 is 36.6 Å². The normalized spacial score (nSPS) is 27.0. The molecule has 0 saturated carbocycles. The molecule has 2 aliphatic heterocycles. The zero-order chi connectivity index (χ0) is 21.8. The zero-order valence-electron chi connectivity index (χ0n) is 16.7. The van der Waals surface area contributed by atoms with Gasteiger partial charge in [0.05, 0.1) is 6.33 Å². The van der Waals surface area contributed by atoms with Crippen LogP contribution in [-0.2, 0) is 14.2 Å². The molecule has 4 atom stereocenters. The Labute approximate surface area is 176 Å². The number of aliphatic hydroxyl groups is 2. The predicted octanol–water partition coefficient (Wildman–Crippen LogP) is 0.807. The van der Waals surface area contributed by atoms with Crippen LogP contribution in [0.25, 0.3) is 11.2 Å². The van der Waals surface area contributed by atoms with Crippen molar-refractivity contribution in [1.82, 2.24) is 19.5 Å². The maximum atomic E-state index is 12.5. The molecule has 2 aliphatic rings. The van der Waals surface area contributed by atoms with Crippen LogP contribution in [0.1, 0.15) is 30.4 Å². The van der Waals surface area contributed by atoms with Gasteiger partial charge in [-0.15, -0.1) is 0 Å². The summed E-state index contributed by atoms with van der Waals surface area (Å²) in [5.41, 5.74) is 1.23. The Morgan fingerprint density at radius 3 is 2.61 bits per heavy atom. The van der Waals surface area contributed by atoms with Gasteiger partial charge in [-0.25, -0.2) is 15.0 Å². The standard InChI is InChI=1S/C20H21N5O6/c1-20(2)30-12-13(31-20)18(29-14(12)19(27)28)25-9-23-11-15(21-8-22-16(11)25)24-17(26)10-6-4-3-5-7-10/h3-9,12-14,18-19,27-28H,1-2H3,(H,21,22,24,26)/t12-,13+,14?,18+/m0/s1. The lowest BCUT2D eigenvalue weighted by Crippen LogP contribution is -2.38. The molecule has 0 bridgehead atoms. The van der Waals surface area contributed by atoms with Gasteiger partial charge in [0.25, 0.3) is 5.91 Å². The Kier molecular flexibility index (Phi) is 4.72. The van der Waals surface area contributed by atoms with Crippen LogP contribution >= 0.6 is 0 Å². The molecular weight excluding hydrogens is 406 g/mol. The fraction of sp³-hybridized carbons (Fsp3) is 0.400. The second kappa shape index (κ2) is 7.32. The smallest absolute Gasteiger partial charge is 0.256 e. The van der Waals surface area contributed by atoms with Crippen LogP contribution in [0.5, 0.6) is 0 Å². The molecule has 1 aromatic carbocycles. The molecule has 4 heterocycles. The van der Waals surface area contributed by atoms with E-state index in [2.05, 4.69) is 20.3 Å². The van der Waals surface area contributed by atoms with E-state index in [0.717, 1.165) is 0 Å². The summed E-state index contributed by atoms with van der Waals surface area (Å²) in [6, 6.07) is 8.74. The number of rotatable bonds is 4. The molecule has 162 valence electrons. The Morgan fingerprint density at radius 1 is 1.13 bits per heavy atom.